The molecule has 0 fully saturated rings. The first-order valence-electron chi connectivity index (χ1n) is 4.44. The summed E-state index contributed by atoms with van der Waals surface area (Å²) in [6, 6.07) is 5.05. The summed E-state index contributed by atoms with van der Waals surface area (Å²) in [6.07, 6.45) is 1.47. The van der Waals surface area contributed by atoms with Gasteiger partial charge in [0.05, 0.1) is 10.7 Å². The summed E-state index contributed by atoms with van der Waals surface area (Å²) >= 11 is 5.80. The summed E-state index contributed by atoms with van der Waals surface area (Å²) in [5.74, 6) is -1.96. The Morgan fingerprint density at radius 3 is 2.50 bits per heavy atom. The number of nitrogen functional groups attached to an aromatic ring is 1. The van der Waals surface area contributed by atoms with Crippen molar-refractivity contribution in [2.24, 2.45) is 0 Å². The van der Waals surface area contributed by atoms with Gasteiger partial charge in [-0.15, -0.1) is 0 Å². The van der Waals surface area contributed by atoms with Crippen molar-refractivity contribution in [1.82, 2.24) is 4.98 Å². The highest BCUT2D eigenvalue weighted by Gasteiger charge is 2.11. The molecule has 2 aromatic rings. The number of rotatable bonds is 1. The average molecular weight is 241 g/mol. The van der Waals surface area contributed by atoms with E-state index in [4.69, 9.17) is 17.3 Å². The molecule has 0 atom stereocenters. The zero-order chi connectivity index (χ0) is 11.7. The van der Waals surface area contributed by atoms with E-state index in [1.54, 1.807) is 12.1 Å². The minimum absolute atomic E-state index is 0.0944. The van der Waals surface area contributed by atoms with Crippen LogP contribution in [0.1, 0.15) is 0 Å². The minimum atomic E-state index is -0.988. The van der Waals surface area contributed by atoms with E-state index >= 15 is 0 Å². The molecule has 0 unspecified atom stereocenters. The van der Waals surface area contributed by atoms with Gasteiger partial charge >= 0.3 is 0 Å². The predicted octanol–water partition coefficient (Wildman–Crippen LogP) is 3.26. The van der Waals surface area contributed by atoms with Gasteiger partial charge in [-0.2, -0.15) is 0 Å². The Balaban J connectivity index is 2.60. The van der Waals surface area contributed by atoms with Crippen molar-refractivity contribution in [2.45, 2.75) is 0 Å². The first kappa shape index (κ1) is 10.8. The summed E-state index contributed by atoms with van der Waals surface area (Å²) in [7, 11) is 0. The van der Waals surface area contributed by atoms with Crippen LogP contribution < -0.4 is 5.73 Å². The van der Waals surface area contributed by atoms with Crippen LogP contribution in [0.4, 0.5) is 14.5 Å². The van der Waals surface area contributed by atoms with Crippen molar-refractivity contribution < 1.29 is 8.78 Å². The Kier molecular flexibility index (Phi) is 2.75. The second-order valence-electron chi connectivity index (χ2n) is 3.22. The molecule has 0 saturated carbocycles. The van der Waals surface area contributed by atoms with E-state index in [2.05, 4.69) is 4.98 Å². The Morgan fingerprint density at radius 2 is 1.81 bits per heavy atom. The molecular weight excluding hydrogens is 234 g/mol. The van der Waals surface area contributed by atoms with Gasteiger partial charge in [-0.1, -0.05) is 11.6 Å². The Labute approximate surface area is 95.7 Å². The topological polar surface area (TPSA) is 38.9 Å². The van der Waals surface area contributed by atoms with E-state index in [0.717, 1.165) is 12.1 Å². The molecule has 0 aliphatic rings. The van der Waals surface area contributed by atoms with Gasteiger partial charge in [0.2, 0.25) is 0 Å². The molecule has 2 N–H and O–H groups in total. The Bertz CT molecular complexity index is 544. The standard InChI is InChI=1S/C11H7ClF2N2/c12-8-5-10(14)9(13)4-7(8)11-3-6(15)1-2-16-11/h1-5H,(H2,15,16). The lowest BCUT2D eigenvalue weighted by Crippen LogP contribution is -1.92. The van der Waals surface area contributed by atoms with Crippen LogP contribution in [-0.4, -0.2) is 4.98 Å². The van der Waals surface area contributed by atoms with Gasteiger partial charge in [0.25, 0.3) is 0 Å². The number of anilines is 1. The van der Waals surface area contributed by atoms with E-state index in [1.807, 2.05) is 0 Å². The zero-order valence-electron chi connectivity index (χ0n) is 8.05. The Morgan fingerprint density at radius 1 is 1.12 bits per heavy atom. The molecule has 0 aliphatic carbocycles. The molecule has 0 bridgehead atoms. The fourth-order valence-electron chi connectivity index (χ4n) is 1.31. The van der Waals surface area contributed by atoms with Crippen molar-refractivity contribution in [3.8, 4) is 11.3 Å². The van der Waals surface area contributed by atoms with E-state index in [-0.39, 0.29) is 5.02 Å². The van der Waals surface area contributed by atoms with Crippen molar-refractivity contribution in [3.63, 3.8) is 0 Å². The third-order valence-electron chi connectivity index (χ3n) is 2.07. The first-order chi connectivity index (χ1) is 7.58. The molecule has 5 heteroatoms. The fraction of sp³-hybridized carbons (Fsp3) is 0. The number of aromatic nitrogens is 1. The molecule has 0 radical (unpaired) electrons. The average Bonchev–Trinajstić information content (AvgIpc) is 2.23. The normalized spacial score (nSPS) is 10.4. The van der Waals surface area contributed by atoms with Crippen LogP contribution in [0.5, 0.6) is 0 Å². The van der Waals surface area contributed by atoms with E-state index in [9.17, 15) is 8.78 Å². The SMILES string of the molecule is Nc1ccnc(-c2cc(F)c(F)cc2Cl)c1. The van der Waals surface area contributed by atoms with Gasteiger partial charge < -0.3 is 5.73 Å². The quantitative estimate of drug-likeness (QED) is 0.777. The molecule has 0 saturated heterocycles. The number of pyridine rings is 1. The van der Waals surface area contributed by atoms with Crippen LogP contribution >= 0.6 is 11.6 Å². The summed E-state index contributed by atoms with van der Waals surface area (Å²) in [4.78, 5) is 3.99. The van der Waals surface area contributed by atoms with Gasteiger partial charge in [0, 0.05) is 17.4 Å². The summed E-state index contributed by atoms with van der Waals surface area (Å²) in [6.45, 7) is 0. The van der Waals surface area contributed by atoms with Crippen molar-refractivity contribution in [1.29, 1.82) is 0 Å². The molecule has 0 spiro atoms. The summed E-state index contributed by atoms with van der Waals surface area (Å²) in [5.41, 5.74) is 6.76. The van der Waals surface area contributed by atoms with Crippen LogP contribution in [-0.2, 0) is 0 Å². The molecular formula is C11H7ClF2N2. The highest BCUT2D eigenvalue weighted by Crippen LogP contribution is 2.29. The van der Waals surface area contributed by atoms with Gasteiger partial charge in [-0.05, 0) is 24.3 Å². The summed E-state index contributed by atoms with van der Waals surface area (Å²) < 4.78 is 25.9. The molecule has 0 aliphatic heterocycles. The second kappa shape index (κ2) is 4.06. The number of hydrogen-bond donors (Lipinski definition) is 1. The minimum Gasteiger partial charge on any atom is -0.399 e. The predicted molar refractivity (Wildman–Crippen MR) is 59.0 cm³/mol. The maximum Gasteiger partial charge on any atom is 0.160 e. The van der Waals surface area contributed by atoms with Gasteiger partial charge in [0.15, 0.2) is 11.6 Å². The molecule has 2 rings (SSSR count). The van der Waals surface area contributed by atoms with Crippen LogP contribution in [0.3, 0.4) is 0 Å². The maximum atomic E-state index is 13.1. The van der Waals surface area contributed by atoms with Crippen molar-refractivity contribution >= 4 is 17.3 Å². The van der Waals surface area contributed by atoms with Gasteiger partial charge in [-0.3, -0.25) is 4.98 Å². The second-order valence-corrected chi connectivity index (χ2v) is 3.63. The van der Waals surface area contributed by atoms with Crippen LogP contribution in [0.2, 0.25) is 5.02 Å². The number of hydrogen-bond acceptors (Lipinski definition) is 2. The fourth-order valence-corrected chi connectivity index (χ4v) is 1.56. The number of nitrogens with two attached hydrogens (primary N) is 1. The molecule has 82 valence electrons. The molecule has 1 aromatic carbocycles. The van der Waals surface area contributed by atoms with Crippen LogP contribution in [0.25, 0.3) is 11.3 Å². The third kappa shape index (κ3) is 1.97. The lowest BCUT2D eigenvalue weighted by Gasteiger charge is -2.05. The lowest BCUT2D eigenvalue weighted by atomic mass is 10.1. The lowest BCUT2D eigenvalue weighted by molar-refractivity contribution is 0.509. The smallest absolute Gasteiger partial charge is 0.160 e. The third-order valence-corrected chi connectivity index (χ3v) is 2.38. The maximum absolute atomic E-state index is 13.1. The molecule has 1 heterocycles. The number of benzene rings is 1. The monoisotopic (exact) mass is 240 g/mol. The van der Waals surface area contributed by atoms with Crippen molar-refractivity contribution in [2.75, 3.05) is 5.73 Å². The van der Waals surface area contributed by atoms with Gasteiger partial charge in [-0.25, -0.2) is 8.78 Å². The highest BCUT2D eigenvalue weighted by molar-refractivity contribution is 6.33. The largest absolute Gasteiger partial charge is 0.399 e. The first-order valence-corrected chi connectivity index (χ1v) is 4.82. The zero-order valence-corrected chi connectivity index (χ0v) is 8.80. The van der Waals surface area contributed by atoms with E-state index < -0.39 is 11.6 Å². The number of nitrogens with zero attached hydrogens (tertiary/aromatic N) is 1. The van der Waals surface area contributed by atoms with Gasteiger partial charge in [0.1, 0.15) is 0 Å². The summed E-state index contributed by atoms with van der Waals surface area (Å²) in [5, 5.41) is 0.0944. The number of halogens is 3. The van der Waals surface area contributed by atoms with E-state index in [1.165, 1.54) is 6.20 Å². The van der Waals surface area contributed by atoms with E-state index in [0.29, 0.717) is 16.9 Å². The Hall–Kier alpha value is -1.68. The molecule has 16 heavy (non-hydrogen) atoms. The molecule has 1 aromatic heterocycles. The van der Waals surface area contributed by atoms with Crippen LogP contribution in [0.15, 0.2) is 30.5 Å². The molecule has 2 nitrogen and oxygen atoms in total. The van der Waals surface area contributed by atoms with Crippen LogP contribution in [0, 0.1) is 11.6 Å². The van der Waals surface area contributed by atoms with Crippen molar-refractivity contribution in [3.05, 3.63) is 47.1 Å². The molecule has 0 amide bonds. The highest BCUT2D eigenvalue weighted by atomic mass is 35.5.